The lowest BCUT2D eigenvalue weighted by molar-refractivity contribution is -0.118. The maximum Gasteiger partial charge on any atom is 0.258 e. The van der Waals surface area contributed by atoms with Crippen LogP contribution < -0.4 is 20.3 Å². The summed E-state index contributed by atoms with van der Waals surface area (Å²) in [6.07, 6.45) is 0.863. The van der Waals surface area contributed by atoms with Crippen molar-refractivity contribution < 1.29 is 19.4 Å². The first-order chi connectivity index (χ1) is 15.0. The van der Waals surface area contributed by atoms with Gasteiger partial charge in [0.05, 0.1) is 11.3 Å². The van der Waals surface area contributed by atoms with Crippen molar-refractivity contribution in [3.05, 3.63) is 53.6 Å². The average molecular weight is 440 g/mol. The van der Waals surface area contributed by atoms with Crippen LogP contribution in [-0.2, 0) is 4.79 Å². The van der Waals surface area contributed by atoms with E-state index in [-0.39, 0.29) is 36.8 Å². The summed E-state index contributed by atoms with van der Waals surface area (Å²) >= 11 is 0. The Bertz CT molecular complexity index is 980. The SMILES string of the molecule is CC1CC(CC(N)=O)c2ccc(OCC(C)(C)O)cc2N1C(=O)c1ccc(N(C)C)cc1. The number of ether oxygens (including phenoxy) is 1. The van der Waals surface area contributed by atoms with Gasteiger partial charge in [-0.05, 0) is 69.0 Å². The largest absolute Gasteiger partial charge is 0.491 e. The van der Waals surface area contributed by atoms with Gasteiger partial charge >= 0.3 is 0 Å². The normalized spacial score (nSPS) is 18.1. The molecule has 3 N–H and O–H groups in total. The van der Waals surface area contributed by atoms with Crippen LogP contribution in [0.15, 0.2) is 42.5 Å². The fourth-order valence-electron chi connectivity index (χ4n) is 4.10. The molecule has 2 aromatic carbocycles. The molecule has 2 atom stereocenters. The third kappa shape index (κ3) is 5.40. The maximum absolute atomic E-state index is 13.6. The number of hydrogen-bond acceptors (Lipinski definition) is 5. The maximum atomic E-state index is 13.6. The number of amides is 2. The van der Waals surface area contributed by atoms with E-state index in [2.05, 4.69) is 0 Å². The van der Waals surface area contributed by atoms with Crippen LogP contribution in [0.2, 0.25) is 0 Å². The molecule has 0 aromatic heterocycles. The number of nitrogens with two attached hydrogens (primary N) is 1. The Morgan fingerprint density at radius 1 is 1.19 bits per heavy atom. The van der Waals surface area contributed by atoms with Crippen LogP contribution >= 0.6 is 0 Å². The molecule has 0 aliphatic carbocycles. The van der Waals surface area contributed by atoms with E-state index in [9.17, 15) is 14.7 Å². The number of benzene rings is 2. The number of fused-ring (bicyclic) bond motifs is 1. The van der Waals surface area contributed by atoms with Crippen LogP contribution in [0.25, 0.3) is 0 Å². The summed E-state index contributed by atoms with van der Waals surface area (Å²) in [5, 5.41) is 10.0. The van der Waals surface area contributed by atoms with Gasteiger partial charge in [0.15, 0.2) is 0 Å². The van der Waals surface area contributed by atoms with E-state index < -0.39 is 5.60 Å². The van der Waals surface area contributed by atoms with E-state index in [4.69, 9.17) is 10.5 Å². The molecule has 2 unspecified atom stereocenters. The summed E-state index contributed by atoms with van der Waals surface area (Å²) in [6.45, 7) is 5.44. The van der Waals surface area contributed by atoms with Crippen LogP contribution in [0, 0.1) is 0 Å². The van der Waals surface area contributed by atoms with Crippen molar-refractivity contribution in [2.45, 2.75) is 51.2 Å². The van der Waals surface area contributed by atoms with E-state index >= 15 is 0 Å². The minimum absolute atomic E-state index is 0.0685. The van der Waals surface area contributed by atoms with Gasteiger partial charge in [0, 0.05) is 43.9 Å². The number of anilines is 2. The molecule has 2 aromatic rings. The highest BCUT2D eigenvalue weighted by molar-refractivity contribution is 6.07. The van der Waals surface area contributed by atoms with Gasteiger partial charge in [-0.1, -0.05) is 6.07 Å². The molecule has 0 saturated heterocycles. The smallest absolute Gasteiger partial charge is 0.258 e. The summed E-state index contributed by atoms with van der Waals surface area (Å²) in [5.74, 6) is 0.00957. The molecule has 1 aliphatic heterocycles. The lowest BCUT2D eigenvalue weighted by Crippen LogP contribution is -2.43. The third-order valence-corrected chi connectivity index (χ3v) is 5.66. The van der Waals surface area contributed by atoms with Crippen LogP contribution in [0.1, 0.15) is 55.5 Å². The van der Waals surface area contributed by atoms with E-state index in [0.29, 0.717) is 23.4 Å². The topological polar surface area (TPSA) is 96.1 Å². The molecular formula is C25H33N3O4. The van der Waals surface area contributed by atoms with Crippen molar-refractivity contribution in [3.8, 4) is 5.75 Å². The van der Waals surface area contributed by atoms with Crippen molar-refractivity contribution in [2.75, 3.05) is 30.5 Å². The van der Waals surface area contributed by atoms with Gasteiger partial charge in [-0.3, -0.25) is 9.59 Å². The number of aliphatic hydroxyl groups is 1. The molecule has 0 fully saturated rings. The Hall–Kier alpha value is -3.06. The van der Waals surface area contributed by atoms with E-state index in [1.54, 1.807) is 18.7 Å². The zero-order chi connectivity index (χ0) is 23.6. The Morgan fingerprint density at radius 3 is 2.41 bits per heavy atom. The van der Waals surface area contributed by atoms with Gasteiger partial charge in [-0.15, -0.1) is 0 Å². The molecule has 1 aliphatic rings. The zero-order valence-electron chi connectivity index (χ0n) is 19.5. The van der Waals surface area contributed by atoms with Gasteiger partial charge in [0.1, 0.15) is 12.4 Å². The quantitative estimate of drug-likeness (QED) is 0.690. The molecule has 0 radical (unpaired) electrons. The number of rotatable bonds is 7. The van der Waals surface area contributed by atoms with Crippen LogP contribution in [0.3, 0.4) is 0 Å². The summed E-state index contributed by atoms with van der Waals surface area (Å²) in [6, 6.07) is 12.9. The number of carbonyl (C=O) groups excluding carboxylic acids is 2. The molecule has 7 nitrogen and oxygen atoms in total. The monoisotopic (exact) mass is 439 g/mol. The predicted octanol–water partition coefficient (Wildman–Crippen LogP) is 3.30. The minimum Gasteiger partial charge on any atom is -0.491 e. The minimum atomic E-state index is -0.985. The van der Waals surface area contributed by atoms with E-state index in [1.807, 2.05) is 68.4 Å². The second-order valence-electron chi connectivity index (χ2n) is 9.39. The highest BCUT2D eigenvalue weighted by Gasteiger charge is 2.35. The Morgan fingerprint density at radius 2 is 1.84 bits per heavy atom. The molecule has 1 heterocycles. The van der Waals surface area contributed by atoms with Gasteiger partial charge in [0.25, 0.3) is 5.91 Å². The molecule has 2 amide bonds. The highest BCUT2D eigenvalue weighted by Crippen LogP contribution is 2.42. The Labute approximate surface area is 189 Å². The Kier molecular flexibility index (Phi) is 6.79. The Balaban J connectivity index is 2.00. The van der Waals surface area contributed by atoms with E-state index in [0.717, 1.165) is 11.3 Å². The summed E-state index contributed by atoms with van der Waals surface area (Å²) in [4.78, 5) is 29.0. The highest BCUT2D eigenvalue weighted by atomic mass is 16.5. The van der Waals surface area contributed by atoms with Gasteiger partial charge in [-0.2, -0.15) is 0 Å². The van der Waals surface area contributed by atoms with Crippen molar-refractivity contribution in [1.29, 1.82) is 0 Å². The summed E-state index contributed by atoms with van der Waals surface area (Å²) in [7, 11) is 3.90. The molecule has 3 rings (SSSR count). The number of hydrogen-bond donors (Lipinski definition) is 2. The van der Waals surface area contributed by atoms with Gasteiger partial charge < -0.3 is 25.4 Å². The molecule has 32 heavy (non-hydrogen) atoms. The average Bonchev–Trinajstić information content (AvgIpc) is 2.71. The fourth-order valence-corrected chi connectivity index (χ4v) is 4.10. The first-order valence-electron chi connectivity index (χ1n) is 10.8. The van der Waals surface area contributed by atoms with Gasteiger partial charge in [0.2, 0.25) is 5.91 Å². The first-order valence-corrected chi connectivity index (χ1v) is 10.8. The van der Waals surface area contributed by atoms with Crippen LogP contribution in [0.4, 0.5) is 11.4 Å². The van der Waals surface area contributed by atoms with Crippen molar-refractivity contribution >= 4 is 23.2 Å². The van der Waals surface area contributed by atoms with Crippen LogP contribution in [-0.4, -0.2) is 49.3 Å². The lowest BCUT2D eigenvalue weighted by atomic mass is 9.83. The molecule has 0 bridgehead atoms. The summed E-state index contributed by atoms with van der Waals surface area (Å²) in [5.41, 5.74) is 7.73. The second kappa shape index (κ2) is 9.20. The third-order valence-electron chi connectivity index (χ3n) is 5.66. The zero-order valence-corrected chi connectivity index (χ0v) is 19.5. The van der Waals surface area contributed by atoms with Crippen molar-refractivity contribution in [2.24, 2.45) is 5.73 Å². The van der Waals surface area contributed by atoms with Crippen LogP contribution in [0.5, 0.6) is 5.75 Å². The van der Waals surface area contributed by atoms with E-state index in [1.165, 1.54) is 0 Å². The second-order valence-corrected chi connectivity index (χ2v) is 9.39. The summed E-state index contributed by atoms with van der Waals surface area (Å²) < 4.78 is 5.78. The molecule has 0 spiro atoms. The number of primary amides is 1. The number of nitrogens with zero attached hydrogens (tertiary/aromatic N) is 2. The number of carbonyl (C=O) groups is 2. The molecule has 172 valence electrons. The standard InChI is InChI=1S/C25H33N3O4/c1-16-12-18(13-23(26)29)21-11-10-20(32-15-25(2,3)31)14-22(21)28(16)24(30)17-6-8-19(9-7-17)27(4)5/h6-11,14,16,18,31H,12-13,15H2,1-5H3,(H2,26,29). The van der Waals surface area contributed by atoms with Crippen molar-refractivity contribution in [3.63, 3.8) is 0 Å². The predicted molar refractivity (Wildman–Crippen MR) is 126 cm³/mol. The first kappa shape index (κ1) is 23.6. The fraction of sp³-hybridized carbons (Fsp3) is 0.440. The lowest BCUT2D eigenvalue weighted by Gasteiger charge is -2.39. The van der Waals surface area contributed by atoms with Crippen molar-refractivity contribution in [1.82, 2.24) is 0 Å². The molecular weight excluding hydrogens is 406 g/mol. The molecule has 7 heteroatoms. The van der Waals surface area contributed by atoms with Gasteiger partial charge in [-0.25, -0.2) is 0 Å². The molecule has 0 saturated carbocycles.